The smallest absolute Gasteiger partial charge is 0.398 e. The zero-order valence-corrected chi connectivity index (χ0v) is 11.4. The lowest BCUT2D eigenvalue weighted by Crippen LogP contribution is -2.41. The zero-order chi connectivity index (χ0) is 15.0. The first-order valence-electron chi connectivity index (χ1n) is 6.09. The van der Waals surface area contributed by atoms with E-state index in [0.29, 0.717) is 22.7 Å². The number of halogens is 3. The number of rotatable bonds is 5. The van der Waals surface area contributed by atoms with Gasteiger partial charge in [0.05, 0.1) is 5.75 Å². The molecule has 0 aromatic heterocycles. The maximum Gasteiger partial charge on any atom is 0.402 e. The van der Waals surface area contributed by atoms with E-state index in [2.05, 4.69) is 0 Å². The van der Waals surface area contributed by atoms with Crippen molar-refractivity contribution in [2.45, 2.75) is 30.8 Å². The fraction of sp³-hybridized carbons (Fsp3) is 0.500. The van der Waals surface area contributed by atoms with Crippen molar-refractivity contribution in [3.8, 4) is 0 Å². The second kappa shape index (κ2) is 5.25. The maximum atomic E-state index is 12.5. The quantitative estimate of drug-likeness (QED) is 0.848. The fourth-order valence-electron chi connectivity index (χ4n) is 1.94. The van der Waals surface area contributed by atoms with Gasteiger partial charge >= 0.3 is 6.18 Å². The van der Waals surface area contributed by atoms with Gasteiger partial charge < -0.3 is 5.73 Å². The second-order valence-corrected chi connectivity index (χ2v) is 6.77. The van der Waals surface area contributed by atoms with E-state index in [0.717, 1.165) is 0 Å². The van der Waals surface area contributed by atoms with E-state index < -0.39 is 34.5 Å². The number of alkyl halides is 3. The van der Waals surface area contributed by atoms with Crippen LogP contribution in [0.25, 0.3) is 0 Å². The molecular weight excluding hydrogens is 293 g/mol. The van der Waals surface area contributed by atoms with Crippen molar-refractivity contribution in [1.29, 1.82) is 0 Å². The summed E-state index contributed by atoms with van der Waals surface area (Å²) in [5.41, 5.74) is 6.22. The van der Waals surface area contributed by atoms with Gasteiger partial charge in [-0.25, -0.2) is 8.42 Å². The Morgan fingerprint density at radius 2 is 1.85 bits per heavy atom. The molecule has 2 rings (SSSR count). The minimum absolute atomic E-state index is 0.263. The first-order valence-corrected chi connectivity index (χ1v) is 7.69. The summed E-state index contributed by atoms with van der Waals surface area (Å²) in [6, 6.07) is 5.74. The molecule has 1 saturated carbocycles. The molecule has 0 atom stereocenters. The molecule has 0 spiro atoms. The highest BCUT2D eigenvalue weighted by atomic mass is 32.2. The number of nitrogens with two attached hydrogens (primary N) is 1. The summed E-state index contributed by atoms with van der Waals surface area (Å²) in [6.45, 7) is -1.44. The molecule has 0 amide bonds. The largest absolute Gasteiger partial charge is 0.402 e. The van der Waals surface area contributed by atoms with E-state index in [-0.39, 0.29) is 5.69 Å². The number of para-hydroxylation sites is 1. The van der Waals surface area contributed by atoms with Crippen LogP contribution in [0.3, 0.4) is 0 Å². The van der Waals surface area contributed by atoms with Gasteiger partial charge in [-0.3, -0.25) is 0 Å². The number of hydrogen-bond acceptors (Lipinski definition) is 3. The molecule has 1 fully saturated rings. The number of hydrogen-bond donors (Lipinski definition) is 1. The van der Waals surface area contributed by atoms with Gasteiger partial charge in [0.25, 0.3) is 0 Å². The van der Waals surface area contributed by atoms with Gasteiger partial charge in [0.15, 0.2) is 0 Å². The summed E-state index contributed by atoms with van der Waals surface area (Å²) in [7, 11) is -4.03. The topological polar surface area (TPSA) is 63.4 Å². The molecule has 112 valence electrons. The van der Waals surface area contributed by atoms with Gasteiger partial charge in [0.2, 0.25) is 10.0 Å². The van der Waals surface area contributed by atoms with Gasteiger partial charge in [-0.2, -0.15) is 17.5 Å². The van der Waals surface area contributed by atoms with Crippen LogP contribution in [0.5, 0.6) is 0 Å². The summed E-state index contributed by atoms with van der Waals surface area (Å²) >= 11 is 0. The first-order chi connectivity index (χ1) is 9.19. The Balaban J connectivity index is 2.21. The normalized spacial score (nSPS) is 16.6. The molecular formula is C12H15F3N2O2S. The highest BCUT2D eigenvalue weighted by molar-refractivity contribution is 7.88. The number of sulfonamides is 1. The van der Waals surface area contributed by atoms with Crippen molar-refractivity contribution in [3.63, 3.8) is 0 Å². The minimum Gasteiger partial charge on any atom is -0.398 e. The van der Waals surface area contributed by atoms with E-state index >= 15 is 0 Å². The van der Waals surface area contributed by atoms with Crippen LogP contribution in [-0.4, -0.2) is 31.5 Å². The lowest BCUT2D eigenvalue weighted by molar-refractivity contribution is -0.137. The van der Waals surface area contributed by atoms with Crippen LogP contribution in [0.15, 0.2) is 24.3 Å². The third-order valence-electron chi connectivity index (χ3n) is 3.04. The van der Waals surface area contributed by atoms with Crippen molar-refractivity contribution in [2.24, 2.45) is 0 Å². The lowest BCUT2D eigenvalue weighted by atomic mass is 10.2. The highest BCUT2D eigenvalue weighted by Gasteiger charge is 2.44. The Kier molecular flexibility index (Phi) is 3.97. The summed E-state index contributed by atoms with van der Waals surface area (Å²) in [5, 5.41) is 0. The predicted octanol–water partition coefficient (Wildman–Crippen LogP) is 2.13. The molecule has 1 aliphatic carbocycles. The fourth-order valence-corrected chi connectivity index (χ4v) is 3.77. The van der Waals surface area contributed by atoms with E-state index in [4.69, 9.17) is 5.73 Å². The molecule has 4 nitrogen and oxygen atoms in total. The van der Waals surface area contributed by atoms with Gasteiger partial charge in [0.1, 0.15) is 6.54 Å². The maximum absolute atomic E-state index is 12.5. The van der Waals surface area contributed by atoms with Gasteiger partial charge in [-0.1, -0.05) is 18.2 Å². The van der Waals surface area contributed by atoms with Gasteiger partial charge in [-0.15, -0.1) is 0 Å². The zero-order valence-electron chi connectivity index (χ0n) is 10.6. The monoisotopic (exact) mass is 308 g/mol. The average Bonchev–Trinajstić information content (AvgIpc) is 3.11. The molecule has 20 heavy (non-hydrogen) atoms. The summed E-state index contributed by atoms with van der Waals surface area (Å²) in [4.78, 5) is 0. The molecule has 1 aromatic carbocycles. The summed E-state index contributed by atoms with van der Waals surface area (Å²) in [6.07, 6.45) is -3.60. The van der Waals surface area contributed by atoms with Gasteiger partial charge in [-0.05, 0) is 24.5 Å². The van der Waals surface area contributed by atoms with Crippen LogP contribution in [0.2, 0.25) is 0 Å². The minimum atomic E-state index is -4.54. The first kappa shape index (κ1) is 15.1. The molecule has 0 heterocycles. The Morgan fingerprint density at radius 3 is 2.35 bits per heavy atom. The Morgan fingerprint density at radius 1 is 1.25 bits per heavy atom. The van der Waals surface area contributed by atoms with Crippen LogP contribution in [0.4, 0.5) is 18.9 Å². The van der Waals surface area contributed by atoms with Crippen molar-refractivity contribution in [2.75, 3.05) is 12.3 Å². The number of nitrogen functional groups attached to an aromatic ring is 1. The van der Waals surface area contributed by atoms with Crippen molar-refractivity contribution in [3.05, 3.63) is 29.8 Å². The average molecular weight is 308 g/mol. The van der Waals surface area contributed by atoms with E-state index in [1.54, 1.807) is 12.1 Å². The van der Waals surface area contributed by atoms with Crippen LogP contribution < -0.4 is 5.73 Å². The van der Waals surface area contributed by atoms with Crippen LogP contribution in [0, 0.1) is 0 Å². The summed E-state index contributed by atoms with van der Waals surface area (Å²) < 4.78 is 62.5. The van der Waals surface area contributed by atoms with Crippen LogP contribution >= 0.6 is 0 Å². The van der Waals surface area contributed by atoms with E-state index in [1.165, 1.54) is 12.1 Å². The third kappa shape index (κ3) is 3.86. The van der Waals surface area contributed by atoms with Crippen LogP contribution in [-0.2, 0) is 15.8 Å². The predicted molar refractivity (Wildman–Crippen MR) is 69.3 cm³/mol. The second-order valence-electron chi connectivity index (χ2n) is 4.85. The SMILES string of the molecule is Nc1ccccc1CS(=O)(=O)N(CC(F)(F)F)C1CC1. The van der Waals surface area contributed by atoms with Crippen LogP contribution in [0.1, 0.15) is 18.4 Å². The molecule has 0 saturated heterocycles. The molecule has 1 aromatic rings. The Labute approximate surface area is 115 Å². The number of anilines is 1. The summed E-state index contributed by atoms with van der Waals surface area (Å²) in [5.74, 6) is -0.508. The molecule has 8 heteroatoms. The van der Waals surface area contributed by atoms with E-state index in [1.807, 2.05) is 0 Å². The molecule has 0 bridgehead atoms. The van der Waals surface area contributed by atoms with E-state index in [9.17, 15) is 21.6 Å². The molecule has 2 N–H and O–H groups in total. The van der Waals surface area contributed by atoms with Crippen molar-refractivity contribution < 1.29 is 21.6 Å². The molecule has 0 unspecified atom stereocenters. The van der Waals surface area contributed by atoms with Crippen molar-refractivity contribution in [1.82, 2.24) is 4.31 Å². The molecule has 0 radical (unpaired) electrons. The Hall–Kier alpha value is -1.28. The highest BCUT2D eigenvalue weighted by Crippen LogP contribution is 2.33. The standard InChI is InChI=1S/C12H15F3N2O2S/c13-12(14,15)8-17(10-5-6-10)20(18,19)7-9-3-1-2-4-11(9)16/h1-4,10H,5-8,16H2. The number of nitrogens with zero attached hydrogens (tertiary/aromatic N) is 1. The molecule has 1 aliphatic rings. The van der Waals surface area contributed by atoms with Crippen molar-refractivity contribution >= 4 is 15.7 Å². The third-order valence-corrected chi connectivity index (χ3v) is 4.86. The Bertz CT molecular complexity index is 583. The molecule has 0 aliphatic heterocycles. The lowest BCUT2D eigenvalue weighted by Gasteiger charge is -2.23. The van der Waals surface area contributed by atoms with Gasteiger partial charge in [0, 0.05) is 11.7 Å². The number of benzene rings is 1.